The van der Waals surface area contributed by atoms with Crippen LogP contribution in [0.5, 0.6) is 11.8 Å². The second-order valence-corrected chi connectivity index (χ2v) is 6.58. The maximum absolute atomic E-state index is 10.3. The van der Waals surface area contributed by atoms with Crippen LogP contribution < -0.4 is 4.74 Å². The molecule has 25 heavy (non-hydrogen) atoms. The standard InChI is InChI=1S/C18H19Cl2N3O2/c1-3-4-5-8-23-16-15(12-7-6-11(25-2)9-13(12)19)14(20)10-21-17(16)22-18(23)24/h6-7,9-10H,3-5,8H2,1-2H3,(H,21,22,24). The van der Waals surface area contributed by atoms with Gasteiger partial charge in [-0.3, -0.25) is 4.57 Å². The number of halogens is 2. The third-order valence-electron chi connectivity index (χ3n) is 4.14. The Bertz CT molecular complexity index is 909. The zero-order valence-corrected chi connectivity index (χ0v) is 15.6. The van der Waals surface area contributed by atoms with Crippen molar-refractivity contribution in [3.8, 4) is 22.9 Å². The molecule has 2 aromatic heterocycles. The molecule has 3 rings (SSSR count). The minimum absolute atomic E-state index is 0.0632. The van der Waals surface area contributed by atoms with Gasteiger partial charge in [-0.25, -0.2) is 4.98 Å². The number of hydrogen-bond donors (Lipinski definition) is 1. The summed E-state index contributed by atoms with van der Waals surface area (Å²) in [4.78, 5) is 8.41. The Kier molecular flexibility index (Phi) is 5.35. The van der Waals surface area contributed by atoms with E-state index >= 15 is 0 Å². The van der Waals surface area contributed by atoms with Crippen LogP contribution in [0.1, 0.15) is 26.2 Å². The molecule has 2 heterocycles. The lowest BCUT2D eigenvalue weighted by atomic mass is 10.1. The van der Waals surface area contributed by atoms with E-state index < -0.39 is 0 Å². The summed E-state index contributed by atoms with van der Waals surface area (Å²) in [6, 6.07) is 5.34. The SMILES string of the molecule is CCCCCn1c(O)nc2ncc(Cl)c(-c3ccc(OC)cc3Cl)c21. The van der Waals surface area contributed by atoms with E-state index in [-0.39, 0.29) is 6.01 Å². The molecule has 0 aliphatic carbocycles. The monoisotopic (exact) mass is 379 g/mol. The lowest BCUT2D eigenvalue weighted by molar-refractivity contribution is 0.397. The van der Waals surface area contributed by atoms with Crippen molar-refractivity contribution in [2.75, 3.05) is 7.11 Å². The van der Waals surface area contributed by atoms with E-state index in [2.05, 4.69) is 16.9 Å². The molecule has 0 aliphatic rings. The predicted molar refractivity (Wildman–Crippen MR) is 101 cm³/mol. The van der Waals surface area contributed by atoms with Gasteiger partial charge in [-0.15, -0.1) is 0 Å². The maximum atomic E-state index is 10.3. The summed E-state index contributed by atoms with van der Waals surface area (Å²) in [5, 5.41) is 11.2. The fourth-order valence-corrected chi connectivity index (χ4v) is 3.38. The summed E-state index contributed by atoms with van der Waals surface area (Å²) in [5.74, 6) is 0.662. The van der Waals surface area contributed by atoms with Crippen LogP contribution in [-0.4, -0.2) is 26.8 Å². The molecule has 7 heteroatoms. The summed E-state index contributed by atoms with van der Waals surface area (Å²) in [6.07, 6.45) is 4.61. The molecule has 3 aromatic rings. The number of rotatable bonds is 6. The van der Waals surface area contributed by atoms with Crippen molar-refractivity contribution in [1.82, 2.24) is 14.5 Å². The Hall–Kier alpha value is -1.98. The molecule has 1 N–H and O–H groups in total. The highest BCUT2D eigenvalue weighted by Crippen LogP contribution is 2.40. The molecule has 0 aliphatic heterocycles. The molecule has 0 atom stereocenters. The van der Waals surface area contributed by atoms with Crippen LogP contribution in [0.3, 0.4) is 0 Å². The van der Waals surface area contributed by atoms with E-state index in [1.165, 1.54) is 6.20 Å². The van der Waals surface area contributed by atoms with E-state index in [0.717, 1.165) is 24.8 Å². The van der Waals surface area contributed by atoms with E-state index in [9.17, 15) is 5.11 Å². The van der Waals surface area contributed by atoms with Crippen LogP contribution >= 0.6 is 23.2 Å². The van der Waals surface area contributed by atoms with Gasteiger partial charge in [0.2, 0.25) is 0 Å². The van der Waals surface area contributed by atoms with Crippen molar-refractivity contribution in [3.05, 3.63) is 34.4 Å². The average molecular weight is 380 g/mol. The minimum atomic E-state index is -0.0632. The summed E-state index contributed by atoms with van der Waals surface area (Å²) < 4.78 is 6.96. The highest BCUT2D eigenvalue weighted by atomic mass is 35.5. The highest BCUT2D eigenvalue weighted by molar-refractivity contribution is 6.37. The first-order chi connectivity index (χ1) is 12.1. The van der Waals surface area contributed by atoms with E-state index in [0.29, 0.717) is 39.1 Å². The van der Waals surface area contributed by atoms with Gasteiger partial charge in [0.05, 0.1) is 22.7 Å². The third-order valence-corrected chi connectivity index (χ3v) is 4.74. The molecule has 132 valence electrons. The zero-order valence-electron chi connectivity index (χ0n) is 14.1. The van der Waals surface area contributed by atoms with Crippen LogP contribution in [0.2, 0.25) is 10.0 Å². The molecule has 1 aromatic carbocycles. The molecule has 0 unspecified atom stereocenters. The van der Waals surface area contributed by atoms with Crippen LogP contribution in [-0.2, 0) is 6.54 Å². The molecular weight excluding hydrogens is 361 g/mol. The summed E-state index contributed by atoms with van der Waals surface area (Å²) >= 11 is 12.9. The third kappa shape index (κ3) is 3.39. The lowest BCUT2D eigenvalue weighted by Crippen LogP contribution is -2.00. The number of aromatic hydroxyl groups is 1. The fraction of sp³-hybridized carbons (Fsp3) is 0.333. The Morgan fingerprint density at radius 1 is 1.20 bits per heavy atom. The fourth-order valence-electron chi connectivity index (χ4n) is 2.87. The largest absolute Gasteiger partial charge is 0.497 e. The first-order valence-electron chi connectivity index (χ1n) is 8.14. The number of imidazole rings is 1. The number of ether oxygens (including phenoxy) is 1. The molecule has 0 fully saturated rings. The van der Waals surface area contributed by atoms with Crippen molar-refractivity contribution in [2.45, 2.75) is 32.7 Å². The Balaban J connectivity index is 2.21. The quantitative estimate of drug-likeness (QED) is 0.589. The van der Waals surface area contributed by atoms with E-state index in [1.807, 2.05) is 12.1 Å². The van der Waals surface area contributed by atoms with Crippen LogP contribution in [0, 0.1) is 0 Å². The summed E-state index contributed by atoms with van der Waals surface area (Å²) in [5.41, 5.74) is 2.59. The maximum Gasteiger partial charge on any atom is 0.296 e. The summed E-state index contributed by atoms with van der Waals surface area (Å²) in [6.45, 7) is 2.77. The topological polar surface area (TPSA) is 60.2 Å². The van der Waals surface area contributed by atoms with Gasteiger partial charge in [-0.2, -0.15) is 4.98 Å². The Morgan fingerprint density at radius 2 is 2.00 bits per heavy atom. The number of fused-ring (bicyclic) bond motifs is 1. The second-order valence-electron chi connectivity index (χ2n) is 5.77. The van der Waals surface area contributed by atoms with Crippen molar-refractivity contribution < 1.29 is 9.84 Å². The van der Waals surface area contributed by atoms with Crippen molar-refractivity contribution in [2.24, 2.45) is 0 Å². The Labute approximate surface area is 156 Å². The minimum Gasteiger partial charge on any atom is -0.497 e. The number of unbranched alkanes of at least 4 members (excludes halogenated alkanes) is 2. The van der Waals surface area contributed by atoms with Gasteiger partial charge in [-0.1, -0.05) is 43.0 Å². The van der Waals surface area contributed by atoms with E-state index in [4.69, 9.17) is 27.9 Å². The molecule has 0 bridgehead atoms. The zero-order chi connectivity index (χ0) is 18.0. The molecule has 0 spiro atoms. The smallest absolute Gasteiger partial charge is 0.296 e. The number of benzene rings is 1. The first-order valence-corrected chi connectivity index (χ1v) is 8.90. The van der Waals surface area contributed by atoms with Crippen LogP contribution in [0.15, 0.2) is 24.4 Å². The number of aromatic nitrogens is 3. The molecule has 0 radical (unpaired) electrons. The van der Waals surface area contributed by atoms with Gasteiger partial charge in [0.15, 0.2) is 5.65 Å². The molecular formula is C18H19Cl2N3O2. The van der Waals surface area contributed by atoms with Crippen molar-refractivity contribution in [1.29, 1.82) is 0 Å². The Morgan fingerprint density at radius 3 is 2.68 bits per heavy atom. The van der Waals surface area contributed by atoms with Gasteiger partial charge >= 0.3 is 0 Å². The number of pyridine rings is 1. The predicted octanol–water partition coefficient (Wildman–Crippen LogP) is 5.31. The number of methoxy groups -OCH3 is 1. The second kappa shape index (κ2) is 7.50. The number of aryl methyl sites for hydroxylation is 1. The van der Waals surface area contributed by atoms with Crippen LogP contribution in [0.4, 0.5) is 0 Å². The average Bonchev–Trinajstić information content (AvgIpc) is 2.91. The molecule has 0 saturated carbocycles. The van der Waals surface area contributed by atoms with Gasteiger partial charge in [0.25, 0.3) is 6.01 Å². The molecule has 0 amide bonds. The highest BCUT2D eigenvalue weighted by Gasteiger charge is 2.20. The first kappa shape index (κ1) is 17.8. The van der Waals surface area contributed by atoms with Gasteiger partial charge in [-0.05, 0) is 24.6 Å². The van der Waals surface area contributed by atoms with Crippen LogP contribution in [0.25, 0.3) is 22.3 Å². The van der Waals surface area contributed by atoms with Gasteiger partial charge in [0.1, 0.15) is 5.75 Å². The normalized spacial score (nSPS) is 11.2. The van der Waals surface area contributed by atoms with E-state index in [1.54, 1.807) is 17.7 Å². The lowest BCUT2D eigenvalue weighted by Gasteiger charge is -2.12. The number of hydrogen-bond acceptors (Lipinski definition) is 4. The molecule has 5 nitrogen and oxygen atoms in total. The summed E-state index contributed by atoms with van der Waals surface area (Å²) in [7, 11) is 1.59. The van der Waals surface area contributed by atoms with Crippen molar-refractivity contribution in [3.63, 3.8) is 0 Å². The van der Waals surface area contributed by atoms with Gasteiger partial charge < -0.3 is 9.84 Å². The number of nitrogens with zero attached hydrogens (tertiary/aromatic N) is 3. The van der Waals surface area contributed by atoms with Crippen molar-refractivity contribution >= 4 is 34.4 Å². The molecule has 0 saturated heterocycles. The van der Waals surface area contributed by atoms with Gasteiger partial charge in [0, 0.05) is 23.9 Å².